The smallest absolute Gasteiger partial charge is 0.295 e. The van der Waals surface area contributed by atoms with Gasteiger partial charge >= 0.3 is 0 Å². The molecule has 0 saturated heterocycles. The maximum Gasteiger partial charge on any atom is 0.295 e. The number of rotatable bonds is 1. The SMILES string of the molecule is Cc1nc2cccc([N+](=O)[O-])c2[nH]c1=O. The summed E-state index contributed by atoms with van der Waals surface area (Å²) in [5.74, 6) is 0. The average molecular weight is 205 g/mol. The maximum atomic E-state index is 11.3. The molecule has 6 heteroatoms. The van der Waals surface area contributed by atoms with Crippen molar-refractivity contribution < 1.29 is 4.92 Å². The Morgan fingerprint density at radius 3 is 2.87 bits per heavy atom. The van der Waals surface area contributed by atoms with Crippen LogP contribution >= 0.6 is 0 Å². The van der Waals surface area contributed by atoms with Gasteiger partial charge in [0.25, 0.3) is 11.2 Å². The van der Waals surface area contributed by atoms with Crippen molar-refractivity contribution in [2.45, 2.75) is 6.92 Å². The number of nitrogens with one attached hydrogen (secondary N) is 1. The molecule has 1 heterocycles. The summed E-state index contributed by atoms with van der Waals surface area (Å²) in [7, 11) is 0. The standard InChI is InChI=1S/C9H7N3O3/c1-5-9(13)11-8-6(10-5)3-2-4-7(8)12(14)15/h2-4H,1H3,(H,11,13). The van der Waals surface area contributed by atoms with Crippen molar-refractivity contribution in [3.05, 3.63) is 44.4 Å². The first kappa shape index (κ1) is 9.32. The van der Waals surface area contributed by atoms with Gasteiger partial charge < -0.3 is 4.98 Å². The van der Waals surface area contributed by atoms with E-state index in [-0.39, 0.29) is 11.2 Å². The number of nitro benzene ring substituents is 1. The molecule has 0 bridgehead atoms. The molecule has 2 aromatic rings. The predicted molar refractivity (Wildman–Crippen MR) is 53.8 cm³/mol. The molecular formula is C9H7N3O3. The first-order valence-electron chi connectivity index (χ1n) is 4.23. The van der Waals surface area contributed by atoms with Crippen LogP contribution in [0, 0.1) is 17.0 Å². The van der Waals surface area contributed by atoms with E-state index in [0.29, 0.717) is 11.2 Å². The Kier molecular flexibility index (Phi) is 1.96. The second-order valence-electron chi connectivity index (χ2n) is 3.08. The Balaban J connectivity index is 2.92. The lowest BCUT2D eigenvalue weighted by Gasteiger charge is -1.99. The van der Waals surface area contributed by atoms with Crippen LogP contribution in [0.1, 0.15) is 5.69 Å². The summed E-state index contributed by atoms with van der Waals surface area (Å²) in [5.41, 5.74) is 0.330. The number of para-hydroxylation sites is 1. The monoisotopic (exact) mass is 205 g/mol. The highest BCUT2D eigenvalue weighted by molar-refractivity contribution is 5.83. The first-order valence-corrected chi connectivity index (χ1v) is 4.23. The van der Waals surface area contributed by atoms with Crippen LogP contribution in [0.3, 0.4) is 0 Å². The normalized spacial score (nSPS) is 10.5. The lowest BCUT2D eigenvalue weighted by atomic mass is 10.2. The molecule has 2 rings (SSSR count). The summed E-state index contributed by atoms with van der Waals surface area (Å²) in [5, 5.41) is 10.7. The number of fused-ring (bicyclic) bond motifs is 1. The molecule has 0 aliphatic rings. The summed E-state index contributed by atoms with van der Waals surface area (Å²) >= 11 is 0. The number of nitro groups is 1. The second-order valence-corrected chi connectivity index (χ2v) is 3.08. The third-order valence-corrected chi connectivity index (χ3v) is 2.07. The Morgan fingerprint density at radius 1 is 1.47 bits per heavy atom. The van der Waals surface area contributed by atoms with E-state index in [2.05, 4.69) is 9.97 Å². The van der Waals surface area contributed by atoms with Crippen LogP contribution < -0.4 is 5.56 Å². The molecule has 0 atom stereocenters. The van der Waals surface area contributed by atoms with Gasteiger partial charge in [-0.25, -0.2) is 4.98 Å². The summed E-state index contributed by atoms with van der Waals surface area (Å²) in [6.07, 6.45) is 0. The molecule has 0 fully saturated rings. The molecule has 0 spiro atoms. The van der Waals surface area contributed by atoms with Crippen molar-refractivity contribution in [2.75, 3.05) is 0 Å². The average Bonchev–Trinajstić information content (AvgIpc) is 2.18. The lowest BCUT2D eigenvalue weighted by molar-refractivity contribution is -0.383. The van der Waals surface area contributed by atoms with Gasteiger partial charge in [-0.1, -0.05) is 6.07 Å². The summed E-state index contributed by atoms with van der Waals surface area (Å²) in [6, 6.07) is 4.48. The molecular weight excluding hydrogens is 198 g/mol. The molecule has 1 N–H and O–H groups in total. The van der Waals surface area contributed by atoms with Gasteiger partial charge in [0.15, 0.2) is 0 Å². The van der Waals surface area contributed by atoms with Crippen LogP contribution in [0.5, 0.6) is 0 Å². The topological polar surface area (TPSA) is 88.9 Å². The molecule has 0 aliphatic carbocycles. The van der Waals surface area contributed by atoms with Gasteiger partial charge in [-0.05, 0) is 13.0 Å². The van der Waals surface area contributed by atoms with Crippen molar-refractivity contribution in [3.63, 3.8) is 0 Å². The first-order chi connectivity index (χ1) is 7.09. The molecule has 6 nitrogen and oxygen atoms in total. The molecule has 76 valence electrons. The largest absolute Gasteiger partial charge is 0.313 e. The van der Waals surface area contributed by atoms with E-state index in [9.17, 15) is 14.9 Å². The van der Waals surface area contributed by atoms with Gasteiger partial charge in [-0.15, -0.1) is 0 Å². The van der Waals surface area contributed by atoms with Crippen LogP contribution in [0.2, 0.25) is 0 Å². The van der Waals surface area contributed by atoms with E-state index in [4.69, 9.17) is 0 Å². The number of hydrogen-bond donors (Lipinski definition) is 1. The Labute approximate surface area is 83.7 Å². The van der Waals surface area contributed by atoms with E-state index in [1.807, 2.05) is 0 Å². The minimum absolute atomic E-state index is 0.142. The number of aromatic amines is 1. The second kappa shape index (κ2) is 3.16. The lowest BCUT2D eigenvalue weighted by Crippen LogP contribution is -2.12. The highest BCUT2D eigenvalue weighted by Crippen LogP contribution is 2.20. The molecule has 0 amide bonds. The van der Waals surface area contributed by atoms with Crippen molar-refractivity contribution >= 4 is 16.7 Å². The van der Waals surface area contributed by atoms with Crippen LogP contribution in [0.15, 0.2) is 23.0 Å². The number of aromatic nitrogens is 2. The van der Waals surface area contributed by atoms with Crippen LogP contribution in [0.25, 0.3) is 11.0 Å². The van der Waals surface area contributed by atoms with Crippen LogP contribution in [0.4, 0.5) is 5.69 Å². The molecule has 0 unspecified atom stereocenters. The van der Waals surface area contributed by atoms with Crippen molar-refractivity contribution in [1.29, 1.82) is 0 Å². The van der Waals surface area contributed by atoms with Gasteiger partial charge in [0, 0.05) is 6.07 Å². The molecule has 0 aliphatic heterocycles. The van der Waals surface area contributed by atoms with Crippen molar-refractivity contribution in [2.24, 2.45) is 0 Å². The number of aryl methyl sites for hydroxylation is 1. The number of non-ortho nitro benzene ring substituents is 1. The van der Waals surface area contributed by atoms with Crippen LogP contribution in [-0.4, -0.2) is 14.9 Å². The van der Waals surface area contributed by atoms with E-state index in [0.717, 1.165) is 0 Å². The predicted octanol–water partition coefficient (Wildman–Crippen LogP) is 1.14. The molecule has 15 heavy (non-hydrogen) atoms. The molecule has 0 saturated carbocycles. The van der Waals surface area contributed by atoms with E-state index >= 15 is 0 Å². The summed E-state index contributed by atoms with van der Waals surface area (Å²) in [6.45, 7) is 1.55. The van der Waals surface area contributed by atoms with E-state index in [1.54, 1.807) is 13.0 Å². The highest BCUT2D eigenvalue weighted by atomic mass is 16.6. The fourth-order valence-electron chi connectivity index (χ4n) is 1.34. The van der Waals surface area contributed by atoms with E-state index < -0.39 is 10.5 Å². The maximum absolute atomic E-state index is 11.3. The highest BCUT2D eigenvalue weighted by Gasteiger charge is 2.13. The number of benzene rings is 1. The fraction of sp³-hybridized carbons (Fsp3) is 0.111. The Hall–Kier alpha value is -2.24. The zero-order valence-corrected chi connectivity index (χ0v) is 7.85. The summed E-state index contributed by atoms with van der Waals surface area (Å²) < 4.78 is 0. The minimum Gasteiger partial charge on any atom is -0.313 e. The van der Waals surface area contributed by atoms with Crippen molar-refractivity contribution in [3.8, 4) is 0 Å². The molecule has 0 radical (unpaired) electrons. The summed E-state index contributed by atoms with van der Waals surface area (Å²) in [4.78, 5) is 27.8. The van der Waals surface area contributed by atoms with Gasteiger partial charge in [-0.3, -0.25) is 14.9 Å². The fourth-order valence-corrected chi connectivity index (χ4v) is 1.34. The zero-order valence-electron chi connectivity index (χ0n) is 7.85. The number of hydrogen-bond acceptors (Lipinski definition) is 4. The van der Waals surface area contributed by atoms with Gasteiger partial charge in [0.1, 0.15) is 11.2 Å². The molecule has 1 aromatic heterocycles. The van der Waals surface area contributed by atoms with Gasteiger partial charge in [0.05, 0.1) is 10.4 Å². The zero-order chi connectivity index (χ0) is 11.0. The number of nitrogens with zero attached hydrogens (tertiary/aromatic N) is 2. The molecule has 1 aromatic carbocycles. The minimum atomic E-state index is -0.546. The van der Waals surface area contributed by atoms with Crippen molar-refractivity contribution in [1.82, 2.24) is 9.97 Å². The quantitative estimate of drug-likeness (QED) is 0.558. The van der Waals surface area contributed by atoms with E-state index in [1.165, 1.54) is 12.1 Å². The third kappa shape index (κ3) is 1.45. The van der Waals surface area contributed by atoms with Gasteiger partial charge in [0.2, 0.25) is 0 Å². The Morgan fingerprint density at radius 2 is 2.20 bits per heavy atom. The van der Waals surface area contributed by atoms with Gasteiger partial charge in [-0.2, -0.15) is 0 Å². The van der Waals surface area contributed by atoms with Crippen LogP contribution in [-0.2, 0) is 0 Å². The third-order valence-electron chi connectivity index (χ3n) is 2.07. The Bertz CT molecular complexity index is 603. The number of H-pyrrole nitrogens is 1.